The van der Waals surface area contributed by atoms with Gasteiger partial charge in [0.15, 0.2) is 0 Å². The summed E-state index contributed by atoms with van der Waals surface area (Å²) in [7, 11) is 0. The van der Waals surface area contributed by atoms with E-state index < -0.39 is 5.60 Å². The fourth-order valence-electron chi connectivity index (χ4n) is 2.22. The maximum absolute atomic E-state index is 12.9. The van der Waals surface area contributed by atoms with Gasteiger partial charge in [0.05, 0.1) is 6.54 Å². The van der Waals surface area contributed by atoms with Crippen molar-refractivity contribution >= 4 is 17.4 Å². The third kappa shape index (κ3) is 5.33. The Kier molecular flexibility index (Phi) is 5.74. The normalized spacial score (nSPS) is 14.8. The summed E-state index contributed by atoms with van der Waals surface area (Å²) in [6, 6.07) is 9.25. The van der Waals surface area contributed by atoms with Crippen LogP contribution < -0.4 is 10.6 Å². The van der Waals surface area contributed by atoms with E-state index in [1.165, 1.54) is 29.1 Å². The molecule has 1 aromatic heterocycles. The molecule has 23 heavy (non-hydrogen) atoms. The Labute approximate surface area is 139 Å². The van der Waals surface area contributed by atoms with Crippen LogP contribution in [-0.2, 0) is 12.0 Å². The van der Waals surface area contributed by atoms with Crippen LogP contribution in [0, 0.1) is 5.82 Å². The first-order chi connectivity index (χ1) is 10.9. The molecule has 0 aliphatic heterocycles. The average molecular weight is 336 g/mol. The summed E-state index contributed by atoms with van der Waals surface area (Å²) >= 11 is 1.65. The van der Waals surface area contributed by atoms with Crippen LogP contribution in [0.15, 0.2) is 41.8 Å². The summed E-state index contributed by atoms with van der Waals surface area (Å²) in [6.45, 7) is 3.54. The first-order valence-corrected chi connectivity index (χ1v) is 8.30. The molecule has 2 aromatic rings. The molecule has 0 saturated carbocycles. The third-order valence-electron chi connectivity index (χ3n) is 3.52. The summed E-state index contributed by atoms with van der Waals surface area (Å²) in [5.74, 6) is -0.363. The van der Waals surface area contributed by atoms with Gasteiger partial charge in [-0.3, -0.25) is 0 Å². The lowest BCUT2D eigenvalue weighted by Gasteiger charge is -2.25. The van der Waals surface area contributed by atoms with Crippen molar-refractivity contribution in [2.45, 2.75) is 31.9 Å². The van der Waals surface area contributed by atoms with Crippen LogP contribution in [-0.4, -0.2) is 23.7 Å². The smallest absolute Gasteiger partial charge is 0.315 e. The minimum Gasteiger partial charge on any atom is -0.384 e. The SMILES string of the molecule is CC(Cc1cccs1)NC(=O)NCC(C)(O)c1ccc(F)cc1. The molecule has 6 heteroatoms. The molecule has 0 fully saturated rings. The number of benzene rings is 1. The monoisotopic (exact) mass is 336 g/mol. The number of aliphatic hydroxyl groups is 1. The van der Waals surface area contributed by atoms with Crippen LogP contribution in [0.25, 0.3) is 0 Å². The molecule has 124 valence electrons. The Morgan fingerprint density at radius 1 is 1.35 bits per heavy atom. The van der Waals surface area contributed by atoms with Crippen molar-refractivity contribution < 1.29 is 14.3 Å². The van der Waals surface area contributed by atoms with E-state index in [9.17, 15) is 14.3 Å². The summed E-state index contributed by atoms with van der Waals surface area (Å²) in [4.78, 5) is 13.1. The number of amides is 2. The molecule has 2 amide bonds. The maximum Gasteiger partial charge on any atom is 0.315 e. The van der Waals surface area contributed by atoms with Crippen LogP contribution >= 0.6 is 11.3 Å². The second kappa shape index (κ2) is 7.57. The van der Waals surface area contributed by atoms with Gasteiger partial charge in [0.1, 0.15) is 11.4 Å². The fraction of sp³-hybridized carbons (Fsp3) is 0.353. The van der Waals surface area contributed by atoms with Crippen molar-refractivity contribution in [1.29, 1.82) is 0 Å². The predicted octanol–water partition coefficient (Wildman–Crippen LogP) is 3.03. The molecule has 2 rings (SSSR count). The number of carbonyl (C=O) groups excluding carboxylic acids is 1. The maximum atomic E-state index is 12.9. The topological polar surface area (TPSA) is 61.4 Å². The molecule has 4 nitrogen and oxygen atoms in total. The van der Waals surface area contributed by atoms with Crippen molar-refractivity contribution in [2.24, 2.45) is 0 Å². The number of halogens is 1. The summed E-state index contributed by atoms with van der Waals surface area (Å²) in [5.41, 5.74) is -0.715. The zero-order valence-electron chi connectivity index (χ0n) is 13.2. The molecule has 2 unspecified atom stereocenters. The Morgan fingerprint density at radius 2 is 2.04 bits per heavy atom. The second-order valence-electron chi connectivity index (χ2n) is 5.79. The van der Waals surface area contributed by atoms with E-state index in [1.807, 2.05) is 24.4 Å². The highest BCUT2D eigenvalue weighted by Crippen LogP contribution is 2.19. The van der Waals surface area contributed by atoms with Gasteiger partial charge in [-0.05, 0) is 43.0 Å². The average Bonchev–Trinajstić information content (AvgIpc) is 2.98. The van der Waals surface area contributed by atoms with E-state index in [2.05, 4.69) is 10.6 Å². The zero-order valence-corrected chi connectivity index (χ0v) is 14.0. The predicted molar refractivity (Wildman–Crippen MR) is 90.0 cm³/mol. The van der Waals surface area contributed by atoms with Crippen molar-refractivity contribution in [1.82, 2.24) is 10.6 Å². The summed E-state index contributed by atoms with van der Waals surface area (Å²) in [6.07, 6.45) is 0.763. The Balaban J connectivity index is 1.82. The van der Waals surface area contributed by atoms with E-state index >= 15 is 0 Å². The lowest BCUT2D eigenvalue weighted by atomic mass is 9.96. The number of carbonyl (C=O) groups is 1. The number of hydrogen-bond acceptors (Lipinski definition) is 3. The van der Waals surface area contributed by atoms with Crippen LogP contribution in [0.5, 0.6) is 0 Å². The van der Waals surface area contributed by atoms with Gasteiger partial charge < -0.3 is 15.7 Å². The van der Waals surface area contributed by atoms with E-state index in [1.54, 1.807) is 18.3 Å². The van der Waals surface area contributed by atoms with Gasteiger partial charge in [-0.25, -0.2) is 9.18 Å². The van der Waals surface area contributed by atoms with Gasteiger partial charge in [-0.1, -0.05) is 18.2 Å². The van der Waals surface area contributed by atoms with Crippen LogP contribution in [0.2, 0.25) is 0 Å². The minimum atomic E-state index is -1.26. The summed E-state index contributed by atoms with van der Waals surface area (Å²) < 4.78 is 12.9. The lowest BCUT2D eigenvalue weighted by molar-refractivity contribution is 0.0592. The highest BCUT2D eigenvalue weighted by molar-refractivity contribution is 7.09. The number of nitrogens with one attached hydrogen (secondary N) is 2. The fourth-order valence-corrected chi connectivity index (χ4v) is 3.06. The van der Waals surface area contributed by atoms with E-state index in [-0.39, 0.29) is 24.4 Å². The van der Waals surface area contributed by atoms with Crippen molar-refractivity contribution in [3.63, 3.8) is 0 Å². The third-order valence-corrected chi connectivity index (χ3v) is 4.42. The van der Waals surface area contributed by atoms with E-state index in [0.29, 0.717) is 5.56 Å². The van der Waals surface area contributed by atoms with Crippen LogP contribution in [0.4, 0.5) is 9.18 Å². The second-order valence-corrected chi connectivity index (χ2v) is 6.82. The molecule has 3 N–H and O–H groups in total. The van der Waals surface area contributed by atoms with Gasteiger partial charge in [0, 0.05) is 17.3 Å². The van der Waals surface area contributed by atoms with Crippen LogP contribution in [0.3, 0.4) is 0 Å². The molecule has 0 bridgehead atoms. The summed E-state index contributed by atoms with van der Waals surface area (Å²) in [5, 5.41) is 17.9. The first kappa shape index (κ1) is 17.4. The molecule has 0 radical (unpaired) electrons. The molecule has 1 aromatic carbocycles. The molecule has 0 aliphatic carbocycles. The largest absolute Gasteiger partial charge is 0.384 e. The highest BCUT2D eigenvalue weighted by Gasteiger charge is 2.24. The Hall–Kier alpha value is -1.92. The van der Waals surface area contributed by atoms with Gasteiger partial charge in [0.25, 0.3) is 0 Å². The quantitative estimate of drug-likeness (QED) is 0.759. The number of rotatable bonds is 6. The lowest BCUT2D eigenvalue weighted by Crippen LogP contribution is -2.46. The molecular weight excluding hydrogens is 315 g/mol. The number of urea groups is 1. The van der Waals surface area contributed by atoms with Crippen molar-refractivity contribution in [3.8, 4) is 0 Å². The Bertz CT molecular complexity index is 627. The minimum absolute atomic E-state index is 0.00980. The zero-order chi connectivity index (χ0) is 16.9. The molecule has 0 spiro atoms. The first-order valence-electron chi connectivity index (χ1n) is 7.42. The van der Waals surface area contributed by atoms with Gasteiger partial charge in [-0.15, -0.1) is 11.3 Å². The van der Waals surface area contributed by atoms with Gasteiger partial charge in [-0.2, -0.15) is 0 Å². The number of hydrogen-bond donors (Lipinski definition) is 3. The molecule has 1 heterocycles. The van der Waals surface area contributed by atoms with Crippen LogP contribution in [0.1, 0.15) is 24.3 Å². The molecular formula is C17H21FN2O2S. The van der Waals surface area contributed by atoms with E-state index in [4.69, 9.17) is 0 Å². The van der Waals surface area contributed by atoms with Crippen molar-refractivity contribution in [2.75, 3.05) is 6.54 Å². The van der Waals surface area contributed by atoms with E-state index in [0.717, 1.165) is 6.42 Å². The van der Waals surface area contributed by atoms with Gasteiger partial charge >= 0.3 is 6.03 Å². The highest BCUT2D eigenvalue weighted by atomic mass is 32.1. The molecule has 0 saturated heterocycles. The van der Waals surface area contributed by atoms with Crippen molar-refractivity contribution in [3.05, 3.63) is 58.0 Å². The number of thiophene rings is 1. The molecule has 2 atom stereocenters. The van der Waals surface area contributed by atoms with Gasteiger partial charge in [0.2, 0.25) is 0 Å². The molecule has 0 aliphatic rings. The Morgan fingerprint density at radius 3 is 2.65 bits per heavy atom. The standard InChI is InChI=1S/C17H21FN2O2S/c1-12(10-15-4-3-9-23-15)20-16(21)19-11-17(2,22)13-5-7-14(18)8-6-13/h3-9,12,22H,10-11H2,1-2H3,(H2,19,20,21).